The monoisotopic (exact) mass is 402 g/mol. The summed E-state index contributed by atoms with van der Waals surface area (Å²) in [5.74, 6) is -1.54. The van der Waals surface area contributed by atoms with Crippen molar-refractivity contribution < 1.29 is 19.1 Å². The molecule has 0 aliphatic heterocycles. The minimum Gasteiger partial charge on any atom is -0.454 e. The molecule has 0 saturated heterocycles. The smallest absolute Gasteiger partial charge is 0.328 e. The molecule has 2 amide bonds. The van der Waals surface area contributed by atoms with Gasteiger partial charge in [-0.05, 0) is 30.7 Å². The number of amides is 2. The lowest BCUT2D eigenvalue weighted by molar-refractivity contribution is -0.148. The van der Waals surface area contributed by atoms with Crippen molar-refractivity contribution in [1.82, 2.24) is 5.32 Å². The third-order valence-corrected chi connectivity index (χ3v) is 4.37. The van der Waals surface area contributed by atoms with Crippen LogP contribution in [-0.2, 0) is 14.3 Å². The van der Waals surface area contributed by atoms with Gasteiger partial charge in [0, 0.05) is 16.8 Å². The first-order valence-corrected chi connectivity index (χ1v) is 9.51. The number of rotatable bonds is 7. The van der Waals surface area contributed by atoms with Crippen LogP contribution in [0.1, 0.15) is 17.3 Å². The van der Waals surface area contributed by atoms with Gasteiger partial charge in [-0.15, -0.1) is 0 Å². The highest BCUT2D eigenvalue weighted by atomic mass is 16.5. The molecule has 0 aliphatic carbocycles. The Morgan fingerprint density at radius 1 is 0.833 bits per heavy atom. The molecule has 1 unspecified atom stereocenters. The van der Waals surface area contributed by atoms with E-state index in [1.54, 1.807) is 36.4 Å². The summed E-state index contributed by atoms with van der Waals surface area (Å²) in [5, 5.41) is 5.32. The van der Waals surface area contributed by atoms with Crippen LogP contribution in [0.2, 0.25) is 0 Å². The Labute approximate surface area is 174 Å². The van der Waals surface area contributed by atoms with Crippen LogP contribution in [0.5, 0.6) is 0 Å². The van der Waals surface area contributed by atoms with Gasteiger partial charge in [0.05, 0.1) is 0 Å². The van der Waals surface area contributed by atoms with E-state index in [4.69, 9.17) is 4.74 Å². The highest BCUT2D eigenvalue weighted by Gasteiger charge is 2.19. The van der Waals surface area contributed by atoms with Crippen molar-refractivity contribution in [3.8, 4) is 11.1 Å². The lowest BCUT2D eigenvalue weighted by Crippen LogP contribution is -2.40. The summed E-state index contributed by atoms with van der Waals surface area (Å²) >= 11 is 0. The standard InChI is InChI=1S/C24H22N2O4/c1-17(25-23(28)19-12-6-3-7-13-19)24(29)30-16-22(27)26-21-15-9-8-14-20(21)18-10-4-2-5-11-18/h2-15,17H,16H2,1H3,(H,25,28)(H,26,27). The number of esters is 1. The van der Waals surface area contributed by atoms with E-state index in [2.05, 4.69) is 10.6 Å². The van der Waals surface area contributed by atoms with Crippen molar-refractivity contribution in [2.45, 2.75) is 13.0 Å². The SMILES string of the molecule is CC(NC(=O)c1ccccc1)C(=O)OCC(=O)Nc1ccccc1-c1ccccc1. The van der Waals surface area contributed by atoms with Crippen molar-refractivity contribution in [3.63, 3.8) is 0 Å². The molecule has 0 heterocycles. The van der Waals surface area contributed by atoms with E-state index in [1.165, 1.54) is 6.92 Å². The van der Waals surface area contributed by atoms with E-state index in [0.29, 0.717) is 11.3 Å². The van der Waals surface area contributed by atoms with Crippen molar-refractivity contribution in [1.29, 1.82) is 0 Å². The van der Waals surface area contributed by atoms with Crippen LogP contribution in [0.3, 0.4) is 0 Å². The third-order valence-electron chi connectivity index (χ3n) is 4.37. The molecule has 0 fully saturated rings. The van der Waals surface area contributed by atoms with Gasteiger partial charge >= 0.3 is 5.97 Å². The van der Waals surface area contributed by atoms with Crippen LogP contribution < -0.4 is 10.6 Å². The van der Waals surface area contributed by atoms with Gasteiger partial charge in [-0.2, -0.15) is 0 Å². The van der Waals surface area contributed by atoms with E-state index in [9.17, 15) is 14.4 Å². The molecule has 0 aromatic heterocycles. The Hall–Kier alpha value is -3.93. The van der Waals surface area contributed by atoms with Crippen LogP contribution in [0, 0.1) is 0 Å². The Morgan fingerprint density at radius 3 is 2.13 bits per heavy atom. The van der Waals surface area contributed by atoms with Gasteiger partial charge in [-0.1, -0.05) is 66.7 Å². The van der Waals surface area contributed by atoms with Gasteiger partial charge in [0.2, 0.25) is 0 Å². The number of ether oxygens (including phenoxy) is 1. The number of benzene rings is 3. The van der Waals surface area contributed by atoms with Crippen LogP contribution in [0.25, 0.3) is 11.1 Å². The highest BCUT2D eigenvalue weighted by Crippen LogP contribution is 2.27. The summed E-state index contributed by atoms with van der Waals surface area (Å²) in [5.41, 5.74) is 2.88. The normalized spacial score (nSPS) is 11.2. The maximum absolute atomic E-state index is 12.3. The Balaban J connectivity index is 1.54. The first-order chi connectivity index (χ1) is 14.5. The summed E-state index contributed by atoms with van der Waals surface area (Å²) in [6, 6.07) is 24.7. The van der Waals surface area contributed by atoms with Gasteiger partial charge in [0.25, 0.3) is 11.8 Å². The molecule has 0 saturated carbocycles. The topological polar surface area (TPSA) is 84.5 Å². The van der Waals surface area contributed by atoms with Crippen molar-refractivity contribution in [3.05, 3.63) is 90.5 Å². The van der Waals surface area contributed by atoms with E-state index in [1.807, 2.05) is 48.5 Å². The molecule has 3 aromatic rings. The van der Waals surface area contributed by atoms with Crippen molar-refractivity contribution >= 4 is 23.5 Å². The maximum atomic E-state index is 12.3. The summed E-state index contributed by atoms with van der Waals surface area (Å²) in [6.45, 7) is 1.05. The van der Waals surface area contributed by atoms with Crippen LogP contribution in [0.4, 0.5) is 5.69 Å². The minimum absolute atomic E-state index is 0.388. The van der Waals surface area contributed by atoms with Crippen molar-refractivity contribution in [2.24, 2.45) is 0 Å². The summed E-state index contributed by atoms with van der Waals surface area (Å²) in [4.78, 5) is 36.5. The zero-order chi connectivity index (χ0) is 21.3. The van der Waals surface area contributed by atoms with Gasteiger partial charge in [-0.3, -0.25) is 9.59 Å². The molecule has 3 aromatic carbocycles. The first-order valence-electron chi connectivity index (χ1n) is 9.51. The second-order valence-corrected chi connectivity index (χ2v) is 6.63. The quantitative estimate of drug-likeness (QED) is 0.591. The van der Waals surface area contributed by atoms with Gasteiger partial charge in [0.1, 0.15) is 6.04 Å². The molecule has 0 spiro atoms. The Bertz CT molecular complexity index is 1020. The predicted octanol–water partition coefficient (Wildman–Crippen LogP) is 3.65. The van der Waals surface area contributed by atoms with Crippen LogP contribution in [-0.4, -0.2) is 30.4 Å². The Kier molecular flexibility index (Phi) is 6.95. The number of para-hydroxylation sites is 1. The molecule has 6 nitrogen and oxygen atoms in total. The molecule has 152 valence electrons. The molecule has 3 rings (SSSR count). The minimum atomic E-state index is -0.887. The van der Waals surface area contributed by atoms with E-state index < -0.39 is 24.5 Å². The first kappa shape index (κ1) is 20.8. The molecular formula is C24H22N2O4. The van der Waals surface area contributed by atoms with Crippen LogP contribution >= 0.6 is 0 Å². The van der Waals surface area contributed by atoms with E-state index in [0.717, 1.165) is 11.1 Å². The molecule has 0 bridgehead atoms. The molecule has 2 N–H and O–H groups in total. The second kappa shape index (κ2) is 10.0. The Morgan fingerprint density at radius 2 is 1.43 bits per heavy atom. The maximum Gasteiger partial charge on any atom is 0.328 e. The number of nitrogens with one attached hydrogen (secondary N) is 2. The van der Waals surface area contributed by atoms with Crippen LogP contribution in [0.15, 0.2) is 84.9 Å². The van der Waals surface area contributed by atoms with Crippen molar-refractivity contribution in [2.75, 3.05) is 11.9 Å². The van der Waals surface area contributed by atoms with Gasteiger partial charge in [-0.25, -0.2) is 4.79 Å². The fourth-order valence-electron chi connectivity index (χ4n) is 2.84. The number of hydrogen-bond acceptors (Lipinski definition) is 4. The zero-order valence-electron chi connectivity index (χ0n) is 16.5. The zero-order valence-corrected chi connectivity index (χ0v) is 16.5. The lowest BCUT2D eigenvalue weighted by atomic mass is 10.0. The van der Waals surface area contributed by atoms with E-state index in [-0.39, 0.29) is 5.91 Å². The number of anilines is 1. The lowest BCUT2D eigenvalue weighted by Gasteiger charge is -2.14. The van der Waals surface area contributed by atoms with Gasteiger partial charge < -0.3 is 15.4 Å². The van der Waals surface area contributed by atoms with E-state index >= 15 is 0 Å². The highest BCUT2D eigenvalue weighted by molar-refractivity contribution is 5.98. The molecule has 6 heteroatoms. The number of carbonyl (C=O) groups excluding carboxylic acids is 3. The second-order valence-electron chi connectivity index (χ2n) is 6.63. The largest absolute Gasteiger partial charge is 0.454 e. The summed E-state index contributed by atoms with van der Waals surface area (Å²) in [6.07, 6.45) is 0. The molecule has 30 heavy (non-hydrogen) atoms. The fraction of sp³-hybridized carbons (Fsp3) is 0.125. The molecule has 0 radical (unpaired) electrons. The predicted molar refractivity (Wildman–Crippen MR) is 115 cm³/mol. The molecule has 0 aliphatic rings. The third kappa shape index (κ3) is 5.54. The number of carbonyl (C=O) groups is 3. The van der Waals surface area contributed by atoms with Gasteiger partial charge in [0.15, 0.2) is 6.61 Å². The average molecular weight is 402 g/mol. The summed E-state index contributed by atoms with van der Waals surface area (Å²) in [7, 11) is 0. The molecular weight excluding hydrogens is 380 g/mol. The summed E-state index contributed by atoms with van der Waals surface area (Å²) < 4.78 is 5.05. The number of hydrogen-bond donors (Lipinski definition) is 2. The average Bonchev–Trinajstić information content (AvgIpc) is 2.79. The fourth-order valence-corrected chi connectivity index (χ4v) is 2.84. The molecule has 1 atom stereocenters.